The molecule has 0 N–H and O–H groups in total. The van der Waals surface area contributed by atoms with Crippen molar-refractivity contribution in [2.75, 3.05) is 0 Å². The van der Waals surface area contributed by atoms with E-state index in [4.69, 9.17) is 0 Å². The Morgan fingerprint density at radius 1 is 0.938 bits per heavy atom. The second-order valence-corrected chi connectivity index (χ2v) is 5.19. The molecule has 0 atom stereocenters. The average molecular weight is 223 g/mol. The van der Waals surface area contributed by atoms with Crippen molar-refractivity contribution in [3.8, 4) is 0 Å². The van der Waals surface area contributed by atoms with E-state index in [1.165, 1.54) is 57.8 Å². The second kappa shape index (κ2) is 8.78. The summed E-state index contributed by atoms with van der Waals surface area (Å²) in [5, 5.41) is 0. The smallest absolute Gasteiger partial charge is 0.133 e. The van der Waals surface area contributed by atoms with E-state index >= 15 is 0 Å². The van der Waals surface area contributed by atoms with Crippen molar-refractivity contribution in [3.63, 3.8) is 0 Å². The Kier molecular flexibility index (Phi) is 7.54. The molecule has 93 valence electrons. The molecule has 0 unspecified atom stereocenters. The van der Waals surface area contributed by atoms with Gasteiger partial charge in [-0.1, -0.05) is 51.9 Å². The van der Waals surface area contributed by atoms with Crippen LogP contribution in [0.1, 0.15) is 84.0 Å². The molecule has 1 radical (unpaired) electrons. The second-order valence-electron chi connectivity index (χ2n) is 5.19. The minimum absolute atomic E-state index is 0.494. The van der Waals surface area contributed by atoms with Gasteiger partial charge >= 0.3 is 0 Å². The van der Waals surface area contributed by atoms with E-state index in [0.717, 1.165) is 19.3 Å². The normalized spacial score (nSPS) is 20.9. The van der Waals surface area contributed by atoms with Crippen LogP contribution in [0, 0.1) is 5.92 Å². The standard InChI is InChI=1S/C15H27O/c1-2-3-7-10-14-11-8-5-4-6-9-12-15(16)13-14/h2-13H2,1H3. The first kappa shape index (κ1) is 13.7. The van der Waals surface area contributed by atoms with Crippen LogP contribution in [0.5, 0.6) is 0 Å². The maximum atomic E-state index is 11.7. The first-order chi connectivity index (χ1) is 7.83. The van der Waals surface area contributed by atoms with Crippen LogP contribution in [0.15, 0.2) is 0 Å². The SMILES string of the molecule is CCCCC[C]1CCCCCCCC(=O)C1. The maximum absolute atomic E-state index is 11.7. The summed E-state index contributed by atoms with van der Waals surface area (Å²) in [4.78, 5) is 11.7. The van der Waals surface area contributed by atoms with Gasteiger partial charge in [-0.05, 0) is 25.2 Å². The highest BCUT2D eigenvalue weighted by Gasteiger charge is 2.15. The molecule has 1 heteroatoms. The van der Waals surface area contributed by atoms with Crippen molar-refractivity contribution in [1.29, 1.82) is 0 Å². The Morgan fingerprint density at radius 2 is 1.62 bits per heavy atom. The van der Waals surface area contributed by atoms with Gasteiger partial charge in [0.2, 0.25) is 0 Å². The molecule has 0 saturated heterocycles. The average Bonchev–Trinajstić information content (AvgIpc) is 2.28. The van der Waals surface area contributed by atoms with Crippen molar-refractivity contribution >= 4 is 5.78 Å². The molecule has 1 aliphatic carbocycles. The lowest BCUT2D eigenvalue weighted by atomic mass is 9.88. The van der Waals surface area contributed by atoms with E-state index in [9.17, 15) is 4.79 Å². The molecule has 0 heterocycles. The minimum atomic E-state index is 0.494. The predicted molar refractivity (Wildman–Crippen MR) is 69.3 cm³/mol. The molecule has 16 heavy (non-hydrogen) atoms. The van der Waals surface area contributed by atoms with Crippen LogP contribution in [-0.2, 0) is 4.79 Å². The van der Waals surface area contributed by atoms with E-state index in [1.807, 2.05) is 0 Å². The third kappa shape index (κ3) is 6.30. The molecule has 1 fully saturated rings. The number of rotatable bonds is 4. The quantitative estimate of drug-likeness (QED) is 0.623. The van der Waals surface area contributed by atoms with Gasteiger partial charge in [0.25, 0.3) is 0 Å². The third-order valence-corrected chi connectivity index (χ3v) is 3.57. The lowest BCUT2D eigenvalue weighted by molar-refractivity contribution is -0.119. The Morgan fingerprint density at radius 3 is 2.38 bits per heavy atom. The number of hydrogen-bond donors (Lipinski definition) is 0. The summed E-state index contributed by atoms with van der Waals surface area (Å²) in [6.45, 7) is 2.24. The molecule has 0 amide bonds. The Balaban J connectivity index is 2.28. The topological polar surface area (TPSA) is 17.1 Å². The van der Waals surface area contributed by atoms with E-state index in [1.54, 1.807) is 5.92 Å². The number of carbonyl (C=O) groups excluding carboxylic acids is 1. The highest BCUT2D eigenvalue weighted by molar-refractivity contribution is 5.80. The van der Waals surface area contributed by atoms with Crippen LogP contribution in [0.25, 0.3) is 0 Å². The molecule has 0 aliphatic heterocycles. The molecule has 0 aromatic rings. The fraction of sp³-hybridized carbons (Fsp3) is 0.867. The number of ketones is 1. The zero-order valence-corrected chi connectivity index (χ0v) is 10.9. The fourth-order valence-electron chi connectivity index (χ4n) is 2.52. The Hall–Kier alpha value is -0.330. The summed E-state index contributed by atoms with van der Waals surface area (Å²) in [7, 11) is 0. The maximum Gasteiger partial charge on any atom is 0.133 e. The van der Waals surface area contributed by atoms with E-state index in [2.05, 4.69) is 6.92 Å². The number of Topliss-reactive ketones (excluding diaryl/α,β-unsaturated/α-hetero) is 1. The van der Waals surface area contributed by atoms with Crippen molar-refractivity contribution in [1.82, 2.24) is 0 Å². The molecule has 1 rings (SSSR count). The summed E-state index contributed by atoms with van der Waals surface area (Å²) in [5.41, 5.74) is 0. The number of carbonyl (C=O) groups is 1. The zero-order chi connectivity index (χ0) is 11.6. The van der Waals surface area contributed by atoms with E-state index in [-0.39, 0.29) is 0 Å². The van der Waals surface area contributed by atoms with Gasteiger partial charge in [0, 0.05) is 12.8 Å². The van der Waals surface area contributed by atoms with Crippen LogP contribution in [0.4, 0.5) is 0 Å². The molecule has 0 aromatic heterocycles. The van der Waals surface area contributed by atoms with Crippen LogP contribution < -0.4 is 0 Å². The molecule has 1 aliphatic rings. The molecular formula is C15H27O. The van der Waals surface area contributed by atoms with Crippen molar-refractivity contribution in [2.45, 2.75) is 84.0 Å². The van der Waals surface area contributed by atoms with Crippen LogP contribution >= 0.6 is 0 Å². The van der Waals surface area contributed by atoms with Gasteiger partial charge in [0.1, 0.15) is 5.78 Å². The van der Waals surface area contributed by atoms with E-state index in [0.29, 0.717) is 5.78 Å². The van der Waals surface area contributed by atoms with Gasteiger partial charge in [-0.3, -0.25) is 4.79 Å². The lowest BCUT2D eigenvalue weighted by Crippen LogP contribution is -2.08. The van der Waals surface area contributed by atoms with Crippen LogP contribution in [0.3, 0.4) is 0 Å². The van der Waals surface area contributed by atoms with Gasteiger partial charge in [-0.2, -0.15) is 0 Å². The first-order valence-electron chi connectivity index (χ1n) is 7.18. The van der Waals surface area contributed by atoms with Gasteiger partial charge in [-0.25, -0.2) is 0 Å². The largest absolute Gasteiger partial charge is 0.300 e. The summed E-state index contributed by atoms with van der Waals surface area (Å²) < 4.78 is 0. The van der Waals surface area contributed by atoms with E-state index < -0.39 is 0 Å². The number of unbranched alkanes of at least 4 members (excludes halogenated alkanes) is 2. The minimum Gasteiger partial charge on any atom is -0.300 e. The molecule has 1 nitrogen and oxygen atoms in total. The summed E-state index contributed by atoms with van der Waals surface area (Å²) in [5.74, 6) is 2.04. The molecule has 0 spiro atoms. The predicted octanol–water partition coefficient (Wildman–Crippen LogP) is 4.84. The molecule has 0 bridgehead atoms. The number of hydrogen-bond acceptors (Lipinski definition) is 1. The molecule has 0 aromatic carbocycles. The molecular weight excluding hydrogens is 196 g/mol. The fourth-order valence-corrected chi connectivity index (χ4v) is 2.52. The van der Waals surface area contributed by atoms with Gasteiger partial charge in [0.15, 0.2) is 0 Å². The third-order valence-electron chi connectivity index (χ3n) is 3.57. The van der Waals surface area contributed by atoms with Crippen molar-refractivity contribution in [3.05, 3.63) is 5.92 Å². The summed E-state index contributed by atoms with van der Waals surface area (Å²) in [6, 6.07) is 0. The van der Waals surface area contributed by atoms with Gasteiger partial charge < -0.3 is 0 Å². The summed E-state index contributed by atoms with van der Waals surface area (Å²) >= 11 is 0. The highest BCUT2D eigenvalue weighted by atomic mass is 16.1. The van der Waals surface area contributed by atoms with Crippen molar-refractivity contribution < 1.29 is 4.79 Å². The van der Waals surface area contributed by atoms with Crippen molar-refractivity contribution in [2.24, 2.45) is 0 Å². The first-order valence-corrected chi connectivity index (χ1v) is 7.18. The van der Waals surface area contributed by atoms with Crippen LogP contribution in [0.2, 0.25) is 0 Å². The summed E-state index contributed by atoms with van der Waals surface area (Å²) in [6.07, 6.45) is 14.3. The van der Waals surface area contributed by atoms with Crippen LogP contribution in [-0.4, -0.2) is 5.78 Å². The Bertz CT molecular complexity index is 184. The zero-order valence-electron chi connectivity index (χ0n) is 10.9. The molecule has 1 saturated carbocycles. The Labute approximate surface area is 101 Å². The van der Waals surface area contributed by atoms with Gasteiger partial charge in [-0.15, -0.1) is 0 Å². The highest BCUT2D eigenvalue weighted by Crippen LogP contribution is 2.25. The van der Waals surface area contributed by atoms with Gasteiger partial charge in [0.05, 0.1) is 0 Å². The lowest BCUT2D eigenvalue weighted by Gasteiger charge is -2.17. The monoisotopic (exact) mass is 223 g/mol.